The lowest BCUT2D eigenvalue weighted by Gasteiger charge is -2.17. The van der Waals surface area contributed by atoms with Crippen molar-refractivity contribution in [3.63, 3.8) is 0 Å². The van der Waals surface area contributed by atoms with Crippen LogP contribution in [0.3, 0.4) is 0 Å². The normalized spacial score (nSPS) is 20.4. The molecule has 1 aliphatic heterocycles. The molecule has 98 valence electrons. The van der Waals surface area contributed by atoms with Crippen molar-refractivity contribution in [1.29, 1.82) is 0 Å². The summed E-state index contributed by atoms with van der Waals surface area (Å²) < 4.78 is 22.8. The molecule has 2 N–H and O–H groups in total. The molecule has 0 aromatic carbocycles. The number of primary sulfonamides is 1. The van der Waals surface area contributed by atoms with E-state index in [-0.39, 0.29) is 24.0 Å². The zero-order valence-electron chi connectivity index (χ0n) is 9.41. The number of hydrogen-bond acceptors (Lipinski definition) is 4. The zero-order chi connectivity index (χ0) is 13.3. The topological polar surface area (TPSA) is 93.4 Å². The van der Waals surface area contributed by atoms with Gasteiger partial charge in [0.05, 0.1) is 17.6 Å². The van der Waals surface area contributed by atoms with Gasteiger partial charge >= 0.3 is 0 Å². The van der Waals surface area contributed by atoms with Crippen molar-refractivity contribution in [2.75, 3.05) is 17.2 Å². The maximum absolute atomic E-state index is 11.9. The van der Waals surface area contributed by atoms with E-state index in [0.29, 0.717) is 12.2 Å². The number of pyridine rings is 1. The first-order valence-corrected chi connectivity index (χ1v) is 7.78. The van der Waals surface area contributed by atoms with Crippen LogP contribution in [0.4, 0.5) is 5.69 Å². The third-order valence-electron chi connectivity index (χ3n) is 2.71. The molecule has 1 aliphatic rings. The summed E-state index contributed by atoms with van der Waals surface area (Å²) in [5.41, 5.74) is 0.652. The van der Waals surface area contributed by atoms with Crippen LogP contribution < -0.4 is 10.0 Å². The summed E-state index contributed by atoms with van der Waals surface area (Å²) in [5, 5.41) is 5.00. The van der Waals surface area contributed by atoms with Crippen LogP contribution in [0, 0.1) is 5.92 Å². The van der Waals surface area contributed by atoms with Crippen molar-refractivity contribution in [2.45, 2.75) is 6.42 Å². The molecule has 6 nitrogen and oxygen atoms in total. The minimum Gasteiger partial charge on any atom is -0.310 e. The van der Waals surface area contributed by atoms with Crippen molar-refractivity contribution in [3.05, 3.63) is 22.9 Å². The van der Waals surface area contributed by atoms with Gasteiger partial charge in [-0.3, -0.25) is 9.78 Å². The van der Waals surface area contributed by atoms with Crippen LogP contribution in [0.1, 0.15) is 6.42 Å². The van der Waals surface area contributed by atoms with Crippen molar-refractivity contribution in [3.8, 4) is 0 Å². The average Bonchev–Trinajstić information content (AvgIpc) is 2.57. The second-order valence-corrected chi connectivity index (χ2v) is 6.74. The first-order chi connectivity index (χ1) is 8.37. The lowest BCUT2D eigenvalue weighted by atomic mass is 10.1. The van der Waals surface area contributed by atoms with Gasteiger partial charge in [0.1, 0.15) is 0 Å². The molecule has 1 unspecified atom stereocenters. The SMILES string of the molecule is NS(=O)(=O)CC1CC(=O)N(c2cnccc2Br)C1. The van der Waals surface area contributed by atoms with Crippen LogP contribution in [0.15, 0.2) is 22.9 Å². The quantitative estimate of drug-likeness (QED) is 0.870. The zero-order valence-corrected chi connectivity index (χ0v) is 11.8. The third kappa shape index (κ3) is 3.06. The summed E-state index contributed by atoms with van der Waals surface area (Å²) in [5.74, 6) is -0.551. The van der Waals surface area contributed by atoms with E-state index in [0.717, 1.165) is 4.47 Å². The molecule has 2 rings (SSSR count). The predicted octanol–water partition coefficient (Wildman–Crippen LogP) is 0.486. The molecule has 1 atom stereocenters. The Hall–Kier alpha value is -0.990. The molecule has 2 heterocycles. The van der Waals surface area contributed by atoms with Crippen molar-refractivity contribution in [2.24, 2.45) is 11.1 Å². The number of nitrogens with zero attached hydrogens (tertiary/aromatic N) is 2. The van der Waals surface area contributed by atoms with Gasteiger partial charge in [0.2, 0.25) is 15.9 Å². The lowest BCUT2D eigenvalue weighted by molar-refractivity contribution is -0.117. The molecule has 18 heavy (non-hydrogen) atoms. The van der Waals surface area contributed by atoms with Gasteiger partial charge in [0.25, 0.3) is 0 Å². The van der Waals surface area contributed by atoms with Gasteiger partial charge in [0, 0.05) is 29.6 Å². The van der Waals surface area contributed by atoms with Gasteiger partial charge in [-0.25, -0.2) is 13.6 Å². The number of sulfonamides is 1. The van der Waals surface area contributed by atoms with E-state index in [1.165, 1.54) is 4.90 Å². The Labute approximate surface area is 113 Å². The van der Waals surface area contributed by atoms with E-state index in [1.807, 2.05) is 0 Å². The summed E-state index contributed by atoms with van der Waals surface area (Å²) >= 11 is 3.34. The number of carbonyl (C=O) groups excluding carboxylic acids is 1. The summed E-state index contributed by atoms with van der Waals surface area (Å²) in [6.45, 7) is 0.347. The minimum absolute atomic E-state index is 0.114. The van der Waals surface area contributed by atoms with E-state index in [4.69, 9.17) is 5.14 Å². The highest BCUT2D eigenvalue weighted by molar-refractivity contribution is 9.10. The molecular formula is C10H12BrN3O3S. The number of nitrogens with two attached hydrogens (primary N) is 1. The standard InChI is InChI=1S/C10H12BrN3O3S/c11-8-1-2-13-4-9(8)14-5-7(3-10(14)15)6-18(12,16)17/h1-2,4,7H,3,5-6H2,(H2,12,16,17). The largest absolute Gasteiger partial charge is 0.310 e. The Kier molecular flexibility index (Phi) is 3.69. The molecule has 8 heteroatoms. The molecule has 1 aromatic heterocycles. The van der Waals surface area contributed by atoms with E-state index >= 15 is 0 Å². The maximum atomic E-state index is 11.9. The first-order valence-electron chi connectivity index (χ1n) is 5.27. The Morgan fingerprint density at radius 2 is 2.28 bits per heavy atom. The Morgan fingerprint density at radius 1 is 1.56 bits per heavy atom. The second kappa shape index (κ2) is 4.94. The molecule has 1 fully saturated rings. The fourth-order valence-corrected chi connectivity index (χ4v) is 3.34. The highest BCUT2D eigenvalue weighted by atomic mass is 79.9. The van der Waals surface area contributed by atoms with E-state index in [1.54, 1.807) is 18.5 Å². The van der Waals surface area contributed by atoms with Gasteiger partial charge < -0.3 is 4.90 Å². The molecule has 1 saturated heterocycles. The van der Waals surface area contributed by atoms with Gasteiger partial charge in [-0.15, -0.1) is 0 Å². The van der Waals surface area contributed by atoms with E-state index < -0.39 is 10.0 Å². The molecule has 0 bridgehead atoms. The van der Waals surface area contributed by atoms with Crippen LogP contribution in [0.5, 0.6) is 0 Å². The Balaban J connectivity index is 2.18. The van der Waals surface area contributed by atoms with E-state index in [9.17, 15) is 13.2 Å². The molecule has 1 amide bonds. The lowest BCUT2D eigenvalue weighted by Crippen LogP contribution is -2.27. The minimum atomic E-state index is -3.55. The van der Waals surface area contributed by atoms with Crippen molar-refractivity contribution < 1.29 is 13.2 Å². The van der Waals surface area contributed by atoms with Gasteiger partial charge in [-0.05, 0) is 22.0 Å². The summed E-state index contributed by atoms with van der Waals surface area (Å²) in [6, 6.07) is 1.73. The molecule has 0 radical (unpaired) electrons. The molecule has 1 aromatic rings. The number of amides is 1. The smallest absolute Gasteiger partial charge is 0.227 e. The summed E-state index contributed by atoms with van der Waals surface area (Å²) in [6.07, 6.45) is 3.37. The molecule has 0 aliphatic carbocycles. The number of rotatable bonds is 3. The Morgan fingerprint density at radius 3 is 2.89 bits per heavy atom. The molecule has 0 saturated carbocycles. The highest BCUT2D eigenvalue weighted by Gasteiger charge is 2.33. The highest BCUT2D eigenvalue weighted by Crippen LogP contribution is 2.30. The summed E-state index contributed by atoms with van der Waals surface area (Å²) in [7, 11) is -3.55. The van der Waals surface area contributed by atoms with Crippen LogP contribution >= 0.6 is 15.9 Å². The van der Waals surface area contributed by atoms with Gasteiger partial charge in [-0.1, -0.05) is 0 Å². The number of halogens is 1. The van der Waals surface area contributed by atoms with Crippen LogP contribution in [0.2, 0.25) is 0 Å². The average molecular weight is 334 g/mol. The monoisotopic (exact) mass is 333 g/mol. The van der Waals surface area contributed by atoms with Crippen LogP contribution in [0.25, 0.3) is 0 Å². The molecule has 0 spiro atoms. The van der Waals surface area contributed by atoms with Gasteiger partial charge in [0.15, 0.2) is 0 Å². The number of aromatic nitrogens is 1. The third-order valence-corrected chi connectivity index (χ3v) is 4.32. The fourth-order valence-electron chi connectivity index (χ4n) is 2.02. The number of hydrogen-bond donors (Lipinski definition) is 1. The first kappa shape index (κ1) is 13.4. The predicted molar refractivity (Wildman–Crippen MR) is 70.4 cm³/mol. The number of carbonyl (C=O) groups is 1. The molecular weight excluding hydrogens is 322 g/mol. The van der Waals surface area contributed by atoms with Crippen molar-refractivity contribution >= 4 is 37.5 Å². The number of anilines is 1. The maximum Gasteiger partial charge on any atom is 0.227 e. The summed E-state index contributed by atoms with van der Waals surface area (Å²) in [4.78, 5) is 17.4. The van der Waals surface area contributed by atoms with Crippen LogP contribution in [-0.4, -0.2) is 31.6 Å². The second-order valence-electron chi connectivity index (χ2n) is 4.23. The Bertz CT molecular complexity index is 575. The van der Waals surface area contributed by atoms with Crippen LogP contribution in [-0.2, 0) is 14.8 Å². The fraction of sp³-hybridized carbons (Fsp3) is 0.400. The van der Waals surface area contributed by atoms with E-state index in [2.05, 4.69) is 20.9 Å². The van der Waals surface area contributed by atoms with Crippen molar-refractivity contribution in [1.82, 2.24) is 4.98 Å². The van der Waals surface area contributed by atoms with Gasteiger partial charge in [-0.2, -0.15) is 0 Å².